The van der Waals surface area contributed by atoms with Crippen molar-refractivity contribution < 1.29 is 14.2 Å². The van der Waals surface area contributed by atoms with Crippen molar-refractivity contribution in [2.75, 3.05) is 12.1 Å². The van der Waals surface area contributed by atoms with Gasteiger partial charge in [0.1, 0.15) is 5.75 Å². The van der Waals surface area contributed by atoms with Crippen LogP contribution in [0.3, 0.4) is 0 Å². The Hall–Kier alpha value is -2.96. The zero-order valence-electron chi connectivity index (χ0n) is 14.8. The molecule has 1 heterocycles. The molecule has 1 aliphatic heterocycles. The van der Waals surface area contributed by atoms with E-state index in [-0.39, 0.29) is 6.79 Å². The van der Waals surface area contributed by atoms with Gasteiger partial charge in [-0.3, -0.25) is 0 Å². The van der Waals surface area contributed by atoms with Crippen molar-refractivity contribution in [2.45, 2.75) is 6.54 Å². The molecule has 0 saturated heterocycles. The standard InChI is InChI=1S/C21H17ClN2O3S/c22-15-7-9-18(27-16-4-2-1-3-5-16)17(11-15)24-21(28)23-12-14-6-8-19-20(10-14)26-13-25-19/h1-11H,12-13H2,(H2,23,24,28). The summed E-state index contributed by atoms with van der Waals surface area (Å²) in [7, 11) is 0. The van der Waals surface area contributed by atoms with E-state index >= 15 is 0 Å². The number of anilines is 1. The molecule has 0 aromatic heterocycles. The fraction of sp³-hybridized carbons (Fsp3) is 0.0952. The molecule has 0 aliphatic carbocycles. The van der Waals surface area contributed by atoms with Gasteiger partial charge in [-0.1, -0.05) is 35.9 Å². The summed E-state index contributed by atoms with van der Waals surface area (Å²) in [4.78, 5) is 0. The molecule has 3 aromatic rings. The molecule has 7 heteroatoms. The third-order valence-corrected chi connectivity index (χ3v) is 4.53. The minimum absolute atomic E-state index is 0.255. The predicted molar refractivity (Wildman–Crippen MR) is 114 cm³/mol. The lowest BCUT2D eigenvalue weighted by molar-refractivity contribution is 0.174. The Morgan fingerprint density at radius 1 is 1.00 bits per heavy atom. The van der Waals surface area contributed by atoms with Gasteiger partial charge in [0.15, 0.2) is 22.4 Å². The number of thiocarbonyl (C=S) groups is 1. The van der Waals surface area contributed by atoms with Crippen molar-refractivity contribution in [3.8, 4) is 23.0 Å². The fourth-order valence-electron chi connectivity index (χ4n) is 2.70. The Morgan fingerprint density at radius 3 is 2.68 bits per heavy atom. The summed E-state index contributed by atoms with van der Waals surface area (Å²) < 4.78 is 16.7. The highest BCUT2D eigenvalue weighted by molar-refractivity contribution is 7.80. The lowest BCUT2D eigenvalue weighted by atomic mass is 10.2. The first-order chi connectivity index (χ1) is 13.7. The second-order valence-corrected chi connectivity index (χ2v) is 6.90. The second kappa shape index (κ2) is 8.37. The Labute approximate surface area is 173 Å². The van der Waals surface area contributed by atoms with Gasteiger partial charge in [0.05, 0.1) is 5.69 Å². The van der Waals surface area contributed by atoms with Crippen LogP contribution in [-0.4, -0.2) is 11.9 Å². The van der Waals surface area contributed by atoms with Crippen LogP contribution in [0.1, 0.15) is 5.56 Å². The van der Waals surface area contributed by atoms with E-state index in [0.29, 0.717) is 28.1 Å². The molecular weight excluding hydrogens is 396 g/mol. The minimum Gasteiger partial charge on any atom is -0.455 e. The van der Waals surface area contributed by atoms with Gasteiger partial charge in [-0.15, -0.1) is 0 Å². The zero-order valence-corrected chi connectivity index (χ0v) is 16.3. The second-order valence-electron chi connectivity index (χ2n) is 6.05. The number of benzene rings is 3. The Balaban J connectivity index is 1.41. The highest BCUT2D eigenvalue weighted by Gasteiger charge is 2.13. The normalized spacial score (nSPS) is 11.8. The number of ether oxygens (including phenoxy) is 3. The van der Waals surface area contributed by atoms with Crippen molar-refractivity contribution in [3.63, 3.8) is 0 Å². The summed E-state index contributed by atoms with van der Waals surface area (Å²) in [5.74, 6) is 2.85. The van der Waals surface area contributed by atoms with E-state index in [0.717, 1.165) is 22.8 Å². The summed E-state index contributed by atoms with van der Waals surface area (Å²) in [5.41, 5.74) is 1.71. The van der Waals surface area contributed by atoms with E-state index in [2.05, 4.69) is 10.6 Å². The van der Waals surface area contributed by atoms with Crippen LogP contribution in [-0.2, 0) is 6.54 Å². The molecule has 142 valence electrons. The minimum atomic E-state index is 0.255. The van der Waals surface area contributed by atoms with E-state index in [9.17, 15) is 0 Å². The Morgan fingerprint density at radius 2 is 1.82 bits per heavy atom. The van der Waals surface area contributed by atoms with E-state index < -0.39 is 0 Å². The molecule has 0 fully saturated rings. The van der Waals surface area contributed by atoms with Gasteiger partial charge in [-0.2, -0.15) is 0 Å². The molecule has 28 heavy (non-hydrogen) atoms. The van der Waals surface area contributed by atoms with E-state index in [1.807, 2.05) is 48.5 Å². The maximum Gasteiger partial charge on any atom is 0.231 e. The number of halogens is 1. The lowest BCUT2D eigenvalue weighted by Gasteiger charge is -2.15. The molecule has 5 nitrogen and oxygen atoms in total. The summed E-state index contributed by atoms with van der Waals surface area (Å²) in [6, 6.07) is 20.7. The molecule has 0 bridgehead atoms. The molecule has 0 amide bonds. The fourth-order valence-corrected chi connectivity index (χ4v) is 3.06. The average molecular weight is 413 g/mol. The largest absolute Gasteiger partial charge is 0.455 e. The molecule has 0 spiro atoms. The quantitative estimate of drug-likeness (QED) is 0.551. The summed E-state index contributed by atoms with van der Waals surface area (Å²) in [6.45, 7) is 0.795. The third-order valence-electron chi connectivity index (χ3n) is 4.05. The van der Waals surface area contributed by atoms with E-state index in [4.69, 9.17) is 38.0 Å². The van der Waals surface area contributed by atoms with Crippen LogP contribution in [0.2, 0.25) is 5.02 Å². The summed E-state index contributed by atoms with van der Waals surface area (Å²) >= 11 is 11.6. The van der Waals surface area contributed by atoms with Gasteiger partial charge < -0.3 is 24.8 Å². The summed E-state index contributed by atoms with van der Waals surface area (Å²) in [5, 5.41) is 7.36. The van der Waals surface area contributed by atoms with Gasteiger partial charge in [0.25, 0.3) is 0 Å². The molecule has 0 atom stereocenters. The average Bonchev–Trinajstić information content (AvgIpc) is 3.17. The van der Waals surface area contributed by atoms with Crippen LogP contribution in [0.15, 0.2) is 66.7 Å². The number of nitrogens with one attached hydrogen (secondary N) is 2. The number of hydrogen-bond acceptors (Lipinski definition) is 4. The molecule has 4 rings (SSSR count). The van der Waals surface area contributed by atoms with Crippen LogP contribution in [0.5, 0.6) is 23.0 Å². The van der Waals surface area contributed by atoms with Crippen LogP contribution >= 0.6 is 23.8 Å². The summed E-state index contributed by atoms with van der Waals surface area (Å²) in [6.07, 6.45) is 0. The van der Waals surface area contributed by atoms with Crippen molar-refractivity contribution in [1.82, 2.24) is 5.32 Å². The maximum atomic E-state index is 6.15. The number of hydrogen-bond donors (Lipinski definition) is 2. The molecular formula is C21H17ClN2O3S. The number of fused-ring (bicyclic) bond motifs is 1. The highest BCUT2D eigenvalue weighted by atomic mass is 35.5. The Bertz CT molecular complexity index is 998. The number of para-hydroxylation sites is 1. The SMILES string of the molecule is S=C(NCc1ccc2c(c1)OCO2)Nc1cc(Cl)ccc1Oc1ccccc1. The van der Waals surface area contributed by atoms with Crippen LogP contribution in [0, 0.1) is 0 Å². The molecule has 1 aliphatic rings. The van der Waals surface area contributed by atoms with Gasteiger partial charge >= 0.3 is 0 Å². The van der Waals surface area contributed by atoms with E-state index in [1.165, 1.54) is 0 Å². The van der Waals surface area contributed by atoms with Gasteiger partial charge in [0.2, 0.25) is 6.79 Å². The van der Waals surface area contributed by atoms with E-state index in [1.54, 1.807) is 18.2 Å². The third kappa shape index (κ3) is 4.47. The van der Waals surface area contributed by atoms with Crippen molar-refractivity contribution in [3.05, 3.63) is 77.3 Å². The number of rotatable bonds is 5. The first-order valence-electron chi connectivity index (χ1n) is 8.63. The molecule has 2 N–H and O–H groups in total. The maximum absolute atomic E-state index is 6.15. The lowest BCUT2D eigenvalue weighted by Crippen LogP contribution is -2.28. The molecule has 0 radical (unpaired) electrons. The molecule has 3 aromatic carbocycles. The van der Waals surface area contributed by atoms with Crippen LogP contribution in [0.4, 0.5) is 5.69 Å². The van der Waals surface area contributed by atoms with Crippen molar-refractivity contribution in [1.29, 1.82) is 0 Å². The van der Waals surface area contributed by atoms with Crippen molar-refractivity contribution >= 4 is 34.6 Å². The van der Waals surface area contributed by atoms with Gasteiger partial charge in [-0.25, -0.2) is 0 Å². The first-order valence-corrected chi connectivity index (χ1v) is 9.42. The van der Waals surface area contributed by atoms with Crippen LogP contribution < -0.4 is 24.8 Å². The zero-order chi connectivity index (χ0) is 19.3. The smallest absolute Gasteiger partial charge is 0.231 e. The molecule has 0 unspecified atom stereocenters. The first kappa shape index (κ1) is 18.4. The van der Waals surface area contributed by atoms with Crippen LogP contribution in [0.25, 0.3) is 0 Å². The molecule has 0 saturated carbocycles. The van der Waals surface area contributed by atoms with Gasteiger partial charge in [0, 0.05) is 11.6 Å². The highest BCUT2D eigenvalue weighted by Crippen LogP contribution is 2.33. The monoisotopic (exact) mass is 412 g/mol. The topological polar surface area (TPSA) is 51.8 Å². The van der Waals surface area contributed by atoms with Crippen molar-refractivity contribution in [2.24, 2.45) is 0 Å². The Kier molecular flexibility index (Phi) is 5.50. The van der Waals surface area contributed by atoms with Gasteiger partial charge in [-0.05, 0) is 60.2 Å². The predicted octanol–water partition coefficient (Wildman–Crippen LogP) is 5.35.